The van der Waals surface area contributed by atoms with Crippen LogP contribution in [0, 0.1) is 0 Å². The molecule has 5 nitrogen and oxygen atoms in total. The van der Waals surface area contributed by atoms with Crippen molar-refractivity contribution in [2.45, 2.75) is 13.8 Å². The molecule has 0 radical (unpaired) electrons. The van der Waals surface area contributed by atoms with Gasteiger partial charge in [-0.2, -0.15) is 0 Å². The number of benzene rings is 2. The highest BCUT2D eigenvalue weighted by molar-refractivity contribution is 5.78. The summed E-state index contributed by atoms with van der Waals surface area (Å²) in [5, 5.41) is 3.26. The molecule has 0 saturated carbocycles. The van der Waals surface area contributed by atoms with E-state index in [1.165, 1.54) is 0 Å². The number of rotatable bonds is 6. The normalized spacial score (nSPS) is 10.6. The molecule has 22 heavy (non-hydrogen) atoms. The molecule has 2 N–H and O–H groups in total. The van der Waals surface area contributed by atoms with E-state index in [1.54, 1.807) is 0 Å². The number of ether oxygens (including phenoxy) is 2. The van der Waals surface area contributed by atoms with Crippen LogP contribution in [0.1, 0.15) is 13.8 Å². The number of nitrogens with zero attached hydrogens (tertiary/aromatic N) is 1. The number of nitrogens with one attached hydrogen (secondary N) is 2. The SMILES string of the molecule is CCOc1ccc(Nc2nc3ccccc3[nH]2)cc1OCC. The third-order valence-electron chi connectivity index (χ3n) is 3.20. The van der Waals surface area contributed by atoms with Gasteiger partial charge in [-0.3, -0.25) is 0 Å². The van der Waals surface area contributed by atoms with Crippen molar-refractivity contribution < 1.29 is 9.47 Å². The predicted octanol–water partition coefficient (Wildman–Crippen LogP) is 4.10. The van der Waals surface area contributed by atoms with Crippen LogP contribution in [0.2, 0.25) is 0 Å². The summed E-state index contributed by atoms with van der Waals surface area (Å²) >= 11 is 0. The molecule has 0 unspecified atom stereocenters. The van der Waals surface area contributed by atoms with Gasteiger partial charge < -0.3 is 19.8 Å². The van der Waals surface area contributed by atoms with Crippen LogP contribution in [0.25, 0.3) is 11.0 Å². The van der Waals surface area contributed by atoms with Crippen molar-refractivity contribution in [1.82, 2.24) is 9.97 Å². The van der Waals surface area contributed by atoms with Crippen molar-refractivity contribution >= 4 is 22.7 Å². The van der Waals surface area contributed by atoms with Crippen molar-refractivity contribution in [3.63, 3.8) is 0 Å². The van der Waals surface area contributed by atoms with Crippen molar-refractivity contribution in [3.05, 3.63) is 42.5 Å². The van der Waals surface area contributed by atoms with E-state index in [0.29, 0.717) is 19.2 Å². The summed E-state index contributed by atoms with van der Waals surface area (Å²) in [5.41, 5.74) is 2.83. The lowest BCUT2D eigenvalue weighted by Crippen LogP contribution is -2.00. The van der Waals surface area contributed by atoms with Crippen molar-refractivity contribution in [2.24, 2.45) is 0 Å². The maximum absolute atomic E-state index is 5.63. The Morgan fingerprint density at radius 2 is 1.77 bits per heavy atom. The van der Waals surface area contributed by atoms with Gasteiger partial charge in [-0.15, -0.1) is 0 Å². The first-order valence-corrected chi connectivity index (χ1v) is 7.41. The number of anilines is 2. The van der Waals surface area contributed by atoms with Gasteiger partial charge in [-0.05, 0) is 38.1 Å². The highest BCUT2D eigenvalue weighted by atomic mass is 16.5. The van der Waals surface area contributed by atoms with Gasteiger partial charge in [0.2, 0.25) is 5.95 Å². The molecule has 0 atom stereocenters. The average molecular weight is 297 g/mol. The van der Waals surface area contributed by atoms with Gasteiger partial charge in [0.25, 0.3) is 0 Å². The molecular weight excluding hydrogens is 278 g/mol. The molecule has 1 aromatic heterocycles. The molecule has 3 aromatic rings. The molecule has 0 aliphatic heterocycles. The lowest BCUT2D eigenvalue weighted by molar-refractivity contribution is 0.288. The summed E-state index contributed by atoms with van der Waals surface area (Å²) < 4.78 is 11.2. The van der Waals surface area contributed by atoms with Crippen molar-refractivity contribution in [3.8, 4) is 11.5 Å². The molecule has 0 saturated heterocycles. The van der Waals surface area contributed by atoms with Crippen LogP contribution in [0.4, 0.5) is 11.6 Å². The first-order chi connectivity index (χ1) is 10.8. The third kappa shape index (κ3) is 2.98. The fraction of sp³-hybridized carbons (Fsp3) is 0.235. The topological polar surface area (TPSA) is 59.2 Å². The Bertz CT molecular complexity index is 734. The lowest BCUT2D eigenvalue weighted by Gasteiger charge is -2.12. The molecule has 0 aliphatic carbocycles. The Kier molecular flexibility index (Phi) is 4.14. The second-order valence-corrected chi connectivity index (χ2v) is 4.76. The monoisotopic (exact) mass is 297 g/mol. The Morgan fingerprint density at radius 3 is 2.55 bits per heavy atom. The van der Waals surface area contributed by atoms with Gasteiger partial charge in [-0.1, -0.05) is 12.1 Å². The van der Waals surface area contributed by atoms with E-state index in [1.807, 2.05) is 56.3 Å². The van der Waals surface area contributed by atoms with Gasteiger partial charge >= 0.3 is 0 Å². The lowest BCUT2D eigenvalue weighted by atomic mass is 10.2. The first-order valence-electron chi connectivity index (χ1n) is 7.41. The molecular formula is C17H19N3O2. The molecule has 0 amide bonds. The number of aromatic amines is 1. The third-order valence-corrected chi connectivity index (χ3v) is 3.20. The van der Waals surface area contributed by atoms with E-state index < -0.39 is 0 Å². The fourth-order valence-corrected chi connectivity index (χ4v) is 2.28. The van der Waals surface area contributed by atoms with E-state index in [9.17, 15) is 0 Å². The van der Waals surface area contributed by atoms with E-state index in [-0.39, 0.29) is 0 Å². The number of H-pyrrole nitrogens is 1. The maximum Gasteiger partial charge on any atom is 0.205 e. The standard InChI is InChI=1S/C17H19N3O2/c1-3-21-15-10-9-12(11-16(15)22-4-2)18-17-19-13-7-5-6-8-14(13)20-17/h5-11H,3-4H2,1-2H3,(H2,18,19,20). The van der Waals surface area contributed by atoms with E-state index >= 15 is 0 Å². The molecule has 0 aliphatic rings. The van der Waals surface area contributed by atoms with Crippen LogP contribution in [-0.2, 0) is 0 Å². The van der Waals surface area contributed by atoms with Crippen LogP contribution in [0.3, 0.4) is 0 Å². The van der Waals surface area contributed by atoms with E-state index in [4.69, 9.17) is 9.47 Å². The summed E-state index contributed by atoms with van der Waals surface area (Å²) in [4.78, 5) is 7.74. The van der Waals surface area contributed by atoms with Gasteiger partial charge in [0, 0.05) is 11.8 Å². The zero-order chi connectivity index (χ0) is 15.4. The molecule has 3 rings (SSSR count). The second kappa shape index (κ2) is 6.39. The average Bonchev–Trinajstić information content (AvgIpc) is 2.92. The molecule has 1 heterocycles. The summed E-state index contributed by atoms with van der Waals surface area (Å²) in [6.07, 6.45) is 0. The molecule has 0 fully saturated rings. The number of aromatic nitrogens is 2. The van der Waals surface area contributed by atoms with E-state index in [0.717, 1.165) is 28.2 Å². The predicted molar refractivity (Wildman–Crippen MR) is 88.2 cm³/mol. The van der Waals surface area contributed by atoms with Crippen LogP contribution in [-0.4, -0.2) is 23.2 Å². The van der Waals surface area contributed by atoms with E-state index in [2.05, 4.69) is 15.3 Å². The molecule has 2 aromatic carbocycles. The smallest absolute Gasteiger partial charge is 0.205 e. The Balaban J connectivity index is 1.86. The number of fused-ring (bicyclic) bond motifs is 1. The van der Waals surface area contributed by atoms with Crippen LogP contribution in [0.5, 0.6) is 11.5 Å². The number of imidazole rings is 1. The highest BCUT2D eigenvalue weighted by Crippen LogP contribution is 2.31. The fourth-order valence-electron chi connectivity index (χ4n) is 2.28. The van der Waals surface area contributed by atoms with Gasteiger partial charge in [0.05, 0.1) is 24.2 Å². The zero-order valence-electron chi connectivity index (χ0n) is 12.7. The van der Waals surface area contributed by atoms with Crippen LogP contribution >= 0.6 is 0 Å². The first kappa shape index (κ1) is 14.3. The molecule has 0 spiro atoms. The molecule has 114 valence electrons. The summed E-state index contributed by atoms with van der Waals surface area (Å²) in [7, 11) is 0. The molecule has 0 bridgehead atoms. The zero-order valence-corrected chi connectivity index (χ0v) is 12.7. The second-order valence-electron chi connectivity index (χ2n) is 4.76. The maximum atomic E-state index is 5.63. The number of hydrogen-bond donors (Lipinski definition) is 2. The van der Waals surface area contributed by atoms with Gasteiger partial charge in [0.1, 0.15) is 0 Å². The minimum Gasteiger partial charge on any atom is -0.490 e. The number of para-hydroxylation sites is 2. The molecule has 5 heteroatoms. The summed E-state index contributed by atoms with van der Waals surface area (Å²) in [5.74, 6) is 2.18. The van der Waals surface area contributed by atoms with Crippen molar-refractivity contribution in [1.29, 1.82) is 0 Å². The Morgan fingerprint density at radius 1 is 1.00 bits per heavy atom. The van der Waals surface area contributed by atoms with Gasteiger partial charge in [-0.25, -0.2) is 4.98 Å². The van der Waals surface area contributed by atoms with Crippen LogP contribution in [0.15, 0.2) is 42.5 Å². The minimum atomic E-state index is 0.591. The quantitative estimate of drug-likeness (QED) is 0.719. The van der Waals surface area contributed by atoms with Crippen LogP contribution < -0.4 is 14.8 Å². The summed E-state index contributed by atoms with van der Waals surface area (Å²) in [6.45, 7) is 5.11. The Hall–Kier alpha value is -2.69. The minimum absolute atomic E-state index is 0.591. The van der Waals surface area contributed by atoms with Crippen molar-refractivity contribution in [2.75, 3.05) is 18.5 Å². The largest absolute Gasteiger partial charge is 0.490 e. The Labute approximate surface area is 129 Å². The highest BCUT2D eigenvalue weighted by Gasteiger charge is 2.08. The summed E-state index contributed by atoms with van der Waals surface area (Å²) in [6, 6.07) is 13.7. The number of hydrogen-bond acceptors (Lipinski definition) is 4. The van der Waals surface area contributed by atoms with Gasteiger partial charge in [0.15, 0.2) is 11.5 Å².